The van der Waals surface area contributed by atoms with Crippen LogP contribution in [0.25, 0.3) is 11.3 Å². The molecule has 2 N–H and O–H groups in total. The Labute approximate surface area is 125 Å². The van der Waals surface area contributed by atoms with Crippen LogP contribution >= 0.6 is 0 Å². The van der Waals surface area contributed by atoms with Crippen LogP contribution in [0, 0.1) is 0 Å². The SMILES string of the molecule is CC(C)(C)OC(=O)Nc1ncc(-c2cc(C(=O)O)on2)cn1. The van der Waals surface area contributed by atoms with Crippen LogP contribution in [0.3, 0.4) is 0 Å². The van der Waals surface area contributed by atoms with Crippen molar-refractivity contribution < 1.29 is 24.0 Å². The number of aromatic nitrogens is 3. The van der Waals surface area contributed by atoms with Crippen LogP contribution < -0.4 is 5.32 Å². The molecular formula is C13H14N4O5. The summed E-state index contributed by atoms with van der Waals surface area (Å²) in [7, 11) is 0. The van der Waals surface area contributed by atoms with E-state index in [1.165, 1.54) is 18.5 Å². The minimum absolute atomic E-state index is 0.0555. The molecule has 2 aromatic rings. The first kappa shape index (κ1) is 15.4. The number of carboxylic acids is 1. The maximum absolute atomic E-state index is 11.6. The maximum Gasteiger partial charge on any atom is 0.414 e. The maximum atomic E-state index is 11.6. The second kappa shape index (κ2) is 5.80. The van der Waals surface area contributed by atoms with Gasteiger partial charge < -0.3 is 14.4 Å². The van der Waals surface area contributed by atoms with Crippen molar-refractivity contribution in [3.8, 4) is 11.3 Å². The molecule has 9 heteroatoms. The molecule has 0 unspecified atom stereocenters. The lowest BCUT2D eigenvalue weighted by molar-refractivity contribution is 0.0629. The topological polar surface area (TPSA) is 127 Å². The highest BCUT2D eigenvalue weighted by molar-refractivity contribution is 5.85. The van der Waals surface area contributed by atoms with Crippen LogP contribution in [0.2, 0.25) is 0 Å². The molecule has 0 atom stereocenters. The lowest BCUT2D eigenvalue weighted by Gasteiger charge is -2.19. The first-order valence-electron chi connectivity index (χ1n) is 6.27. The zero-order chi connectivity index (χ0) is 16.3. The molecule has 0 aliphatic rings. The van der Waals surface area contributed by atoms with E-state index in [9.17, 15) is 9.59 Å². The van der Waals surface area contributed by atoms with Gasteiger partial charge in [0.05, 0.1) is 0 Å². The van der Waals surface area contributed by atoms with Gasteiger partial charge in [-0.25, -0.2) is 19.6 Å². The Hall–Kier alpha value is -2.97. The third-order valence-corrected chi connectivity index (χ3v) is 2.28. The number of carbonyl (C=O) groups excluding carboxylic acids is 1. The van der Waals surface area contributed by atoms with Gasteiger partial charge in [-0.2, -0.15) is 0 Å². The second-order valence-corrected chi connectivity index (χ2v) is 5.30. The number of amides is 1. The van der Waals surface area contributed by atoms with Crippen LogP contribution in [0.5, 0.6) is 0 Å². The van der Waals surface area contributed by atoms with E-state index in [0.29, 0.717) is 5.56 Å². The molecule has 0 aliphatic heterocycles. The van der Waals surface area contributed by atoms with Gasteiger partial charge in [0.2, 0.25) is 11.7 Å². The van der Waals surface area contributed by atoms with Gasteiger partial charge in [-0.3, -0.25) is 5.32 Å². The zero-order valence-electron chi connectivity index (χ0n) is 12.2. The second-order valence-electron chi connectivity index (χ2n) is 5.30. The Balaban J connectivity index is 2.06. The number of carboxylic acid groups (broad SMARTS) is 1. The number of aromatic carboxylic acids is 1. The van der Waals surface area contributed by atoms with Gasteiger partial charge in [-0.05, 0) is 20.8 Å². The van der Waals surface area contributed by atoms with Gasteiger partial charge in [0, 0.05) is 24.0 Å². The highest BCUT2D eigenvalue weighted by Crippen LogP contribution is 2.18. The van der Waals surface area contributed by atoms with E-state index < -0.39 is 17.7 Å². The third kappa shape index (κ3) is 4.01. The Bertz CT molecular complexity index is 687. The highest BCUT2D eigenvalue weighted by atomic mass is 16.6. The Morgan fingerprint density at radius 3 is 2.41 bits per heavy atom. The first-order chi connectivity index (χ1) is 10.2. The molecule has 0 bridgehead atoms. The summed E-state index contributed by atoms with van der Waals surface area (Å²) in [5.41, 5.74) is 0.102. The Morgan fingerprint density at radius 2 is 1.91 bits per heavy atom. The van der Waals surface area contributed by atoms with Gasteiger partial charge >= 0.3 is 12.1 Å². The summed E-state index contributed by atoms with van der Waals surface area (Å²) in [5.74, 6) is -1.45. The number of hydrogen-bond donors (Lipinski definition) is 2. The summed E-state index contributed by atoms with van der Waals surface area (Å²) in [4.78, 5) is 30.1. The zero-order valence-corrected chi connectivity index (χ0v) is 12.2. The number of hydrogen-bond acceptors (Lipinski definition) is 7. The Morgan fingerprint density at radius 1 is 1.27 bits per heavy atom. The van der Waals surface area contributed by atoms with E-state index in [4.69, 9.17) is 9.84 Å². The normalized spacial score (nSPS) is 11.0. The smallest absolute Gasteiger partial charge is 0.414 e. The molecule has 2 aromatic heterocycles. The highest BCUT2D eigenvalue weighted by Gasteiger charge is 2.17. The van der Waals surface area contributed by atoms with Crippen molar-refractivity contribution in [3.63, 3.8) is 0 Å². The molecule has 22 heavy (non-hydrogen) atoms. The van der Waals surface area contributed by atoms with E-state index in [-0.39, 0.29) is 17.4 Å². The first-order valence-corrected chi connectivity index (χ1v) is 6.27. The van der Waals surface area contributed by atoms with Crippen molar-refractivity contribution in [2.24, 2.45) is 0 Å². The third-order valence-electron chi connectivity index (χ3n) is 2.28. The fourth-order valence-electron chi connectivity index (χ4n) is 1.43. The minimum atomic E-state index is -1.22. The number of ether oxygens (including phenoxy) is 1. The number of anilines is 1. The number of nitrogens with one attached hydrogen (secondary N) is 1. The van der Waals surface area contributed by atoms with Crippen LogP contribution in [0.15, 0.2) is 23.0 Å². The van der Waals surface area contributed by atoms with E-state index >= 15 is 0 Å². The molecular weight excluding hydrogens is 292 g/mol. The van der Waals surface area contributed by atoms with Crippen LogP contribution in [0.1, 0.15) is 31.3 Å². The van der Waals surface area contributed by atoms with Crippen LogP contribution in [0.4, 0.5) is 10.7 Å². The molecule has 1 amide bonds. The van der Waals surface area contributed by atoms with Crippen molar-refractivity contribution in [2.45, 2.75) is 26.4 Å². The summed E-state index contributed by atoms with van der Waals surface area (Å²) in [6.45, 7) is 5.21. The van der Waals surface area contributed by atoms with Crippen molar-refractivity contribution in [1.82, 2.24) is 15.1 Å². The largest absolute Gasteiger partial charge is 0.475 e. The summed E-state index contributed by atoms with van der Waals surface area (Å²) < 4.78 is 9.70. The summed E-state index contributed by atoms with van der Waals surface area (Å²) in [6.07, 6.45) is 2.08. The monoisotopic (exact) mass is 306 g/mol. The van der Waals surface area contributed by atoms with E-state index in [0.717, 1.165) is 0 Å². The van der Waals surface area contributed by atoms with Gasteiger partial charge in [-0.1, -0.05) is 5.16 Å². The van der Waals surface area contributed by atoms with Crippen molar-refractivity contribution in [2.75, 3.05) is 5.32 Å². The van der Waals surface area contributed by atoms with Gasteiger partial charge in [0.25, 0.3) is 0 Å². The van der Waals surface area contributed by atoms with E-state index in [1.807, 2.05) is 0 Å². The number of rotatable bonds is 3. The molecule has 2 heterocycles. The van der Waals surface area contributed by atoms with Gasteiger partial charge in [0.1, 0.15) is 11.3 Å². The van der Waals surface area contributed by atoms with Gasteiger partial charge in [-0.15, -0.1) is 0 Å². The molecule has 116 valence electrons. The van der Waals surface area contributed by atoms with Crippen molar-refractivity contribution >= 4 is 18.0 Å². The Kier molecular flexibility index (Phi) is 4.06. The quantitative estimate of drug-likeness (QED) is 0.883. The fraction of sp³-hybridized carbons (Fsp3) is 0.308. The van der Waals surface area contributed by atoms with Gasteiger partial charge in [0.15, 0.2) is 0 Å². The van der Waals surface area contributed by atoms with E-state index in [2.05, 4.69) is 25.0 Å². The van der Waals surface area contributed by atoms with E-state index in [1.54, 1.807) is 20.8 Å². The van der Waals surface area contributed by atoms with Crippen LogP contribution in [-0.2, 0) is 4.74 Å². The molecule has 9 nitrogen and oxygen atoms in total. The summed E-state index contributed by atoms with van der Waals surface area (Å²) in [6, 6.07) is 1.25. The lowest BCUT2D eigenvalue weighted by atomic mass is 10.2. The average molecular weight is 306 g/mol. The molecule has 0 fully saturated rings. The van der Waals surface area contributed by atoms with Crippen molar-refractivity contribution in [3.05, 3.63) is 24.2 Å². The molecule has 0 saturated heterocycles. The van der Waals surface area contributed by atoms with Crippen molar-refractivity contribution in [1.29, 1.82) is 0 Å². The summed E-state index contributed by atoms with van der Waals surface area (Å²) in [5, 5.41) is 14.7. The molecule has 2 rings (SSSR count). The molecule has 0 aromatic carbocycles. The predicted molar refractivity (Wildman–Crippen MR) is 74.3 cm³/mol. The molecule has 0 aliphatic carbocycles. The average Bonchev–Trinajstić information content (AvgIpc) is 2.87. The predicted octanol–water partition coefficient (Wildman–Crippen LogP) is 2.18. The molecule has 0 saturated carbocycles. The summed E-state index contributed by atoms with van der Waals surface area (Å²) >= 11 is 0. The number of nitrogens with zero attached hydrogens (tertiary/aromatic N) is 3. The molecule has 0 spiro atoms. The lowest BCUT2D eigenvalue weighted by Crippen LogP contribution is -2.27. The minimum Gasteiger partial charge on any atom is -0.475 e. The fourth-order valence-corrected chi connectivity index (χ4v) is 1.43. The van der Waals surface area contributed by atoms with Crippen LogP contribution in [-0.4, -0.2) is 37.9 Å². The number of carbonyl (C=O) groups is 2. The molecule has 0 radical (unpaired) electrons. The standard InChI is InChI=1S/C13H14N4O5/c1-13(2,3)21-12(20)16-11-14-5-7(6-15-11)8-4-9(10(18)19)22-17-8/h4-6H,1-3H3,(H,18,19)(H,14,15,16,20).